The lowest BCUT2D eigenvalue weighted by molar-refractivity contribution is -0.386. The van der Waals surface area contributed by atoms with Crippen molar-refractivity contribution in [1.29, 1.82) is 0 Å². The molecule has 0 aliphatic carbocycles. The van der Waals surface area contributed by atoms with Gasteiger partial charge in [-0.1, -0.05) is 0 Å². The van der Waals surface area contributed by atoms with Crippen molar-refractivity contribution in [2.45, 2.75) is 19.4 Å². The van der Waals surface area contributed by atoms with Crippen LogP contribution in [-0.4, -0.2) is 20.2 Å². The number of H-pyrrole nitrogens is 1. The fraction of sp³-hybridized carbons (Fsp3) is 0.500. The molecule has 0 bridgehead atoms. The molecule has 1 aromatic rings. The van der Waals surface area contributed by atoms with Crippen molar-refractivity contribution < 1.29 is 10.0 Å². The van der Waals surface area contributed by atoms with E-state index in [4.69, 9.17) is 0 Å². The van der Waals surface area contributed by atoms with E-state index in [9.17, 15) is 15.2 Å². The lowest BCUT2D eigenvalue weighted by atomic mass is 10.1. The van der Waals surface area contributed by atoms with Gasteiger partial charge in [-0.3, -0.25) is 15.2 Å². The maximum atomic E-state index is 10.4. The zero-order chi connectivity index (χ0) is 9.35. The molecule has 66 valence electrons. The molecule has 0 atom stereocenters. The van der Waals surface area contributed by atoms with Crippen LogP contribution < -0.4 is 0 Å². The maximum absolute atomic E-state index is 10.4. The van der Waals surface area contributed by atoms with Gasteiger partial charge in [0.15, 0.2) is 5.69 Å². The van der Waals surface area contributed by atoms with Crippen molar-refractivity contribution in [1.82, 2.24) is 10.2 Å². The van der Waals surface area contributed by atoms with E-state index in [1.54, 1.807) is 0 Å². The van der Waals surface area contributed by atoms with Gasteiger partial charge in [0.05, 0.1) is 11.1 Å². The molecule has 0 spiro atoms. The molecule has 0 unspecified atom stereocenters. The van der Waals surface area contributed by atoms with Crippen molar-refractivity contribution in [3.8, 4) is 0 Å². The first-order valence-electron chi connectivity index (χ1n) is 3.34. The van der Waals surface area contributed by atoms with Crippen LogP contribution in [0, 0.1) is 10.1 Å². The number of rotatable bonds is 2. The molecule has 2 N–H and O–H groups in total. The molecule has 0 radical (unpaired) electrons. The molecule has 6 heteroatoms. The first-order chi connectivity index (χ1) is 5.43. The molecule has 6 nitrogen and oxygen atoms in total. The van der Waals surface area contributed by atoms with Crippen LogP contribution in [-0.2, 0) is 5.60 Å². The van der Waals surface area contributed by atoms with E-state index in [0.717, 1.165) is 6.20 Å². The van der Waals surface area contributed by atoms with E-state index >= 15 is 0 Å². The van der Waals surface area contributed by atoms with Crippen molar-refractivity contribution in [3.63, 3.8) is 0 Å². The minimum Gasteiger partial charge on any atom is -0.384 e. The smallest absolute Gasteiger partial charge is 0.312 e. The Morgan fingerprint density at radius 3 is 2.67 bits per heavy atom. The Kier molecular flexibility index (Phi) is 1.85. The van der Waals surface area contributed by atoms with Gasteiger partial charge in [0.2, 0.25) is 0 Å². The first-order valence-corrected chi connectivity index (χ1v) is 3.34. The topological polar surface area (TPSA) is 92.1 Å². The molecule has 12 heavy (non-hydrogen) atoms. The Balaban J connectivity index is 3.17. The molecule has 0 saturated heterocycles. The highest BCUT2D eigenvalue weighted by atomic mass is 16.6. The van der Waals surface area contributed by atoms with Crippen molar-refractivity contribution in [3.05, 3.63) is 22.0 Å². The van der Waals surface area contributed by atoms with Gasteiger partial charge in [-0.25, -0.2) is 0 Å². The Morgan fingerprint density at radius 1 is 1.75 bits per heavy atom. The lowest BCUT2D eigenvalue weighted by Gasteiger charge is -2.12. The van der Waals surface area contributed by atoms with Gasteiger partial charge in [-0.15, -0.1) is 0 Å². The van der Waals surface area contributed by atoms with E-state index in [1.165, 1.54) is 13.8 Å². The van der Waals surface area contributed by atoms with Crippen molar-refractivity contribution >= 4 is 5.69 Å². The van der Waals surface area contributed by atoms with Gasteiger partial charge in [-0.2, -0.15) is 5.10 Å². The molecule has 0 saturated carbocycles. The monoisotopic (exact) mass is 171 g/mol. The van der Waals surface area contributed by atoms with Gasteiger partial charge in [-0.05, 0) is 13.8 Å². The molecule has 1 rings (SSSR count). The van der Waals surface area contributed by atoms with Gasteiger partial charge >= 0.3 is 5.69 Å². The average molecular weight is 171 g/mol. The molecule has 0 fully saturated rings. The second-order valence-electron chi connectivity index (χ2n) is 2.94. The SMILES string of the molecule is CC(C)(O)c1n[nH]cc1[N+](=O)[O-]. The summed E-state index contributed by atoms with van der Waals surface area (Å²) in [5, 5.41) is 25.7. The summed E-state index contributed by atoms with van der Waals surface area (Å²) in [6.45, 7) is 2.88. The molecule has 0 aromatic carbocycles. The normalized spacial score (nSPS) is 11.6. The van der Waals surface area contributed by atoms with Crippen LogP contribution in [0.25, 0.3) is 0 Å². The highest BCUT2D eigenvalue weighted by Gasteiger charge is 2.29. The molecule has 1 aromatic heterocycles. The fourth-order valence-corrected chi connectivity index (χ4v) is 0.873. The number of aromatic nitrogens is 2. The third-order valence-corrected chi connectivity index (χ3v) is 1.40. The molecular weight excluding hydrogens is 162 g/mol. The van der Waals surface area contributed by atoms with Gasteiger partial charge in [0.25, 0.3) is 0 Å². The number of hydrogen-bond donors (Lipinski definition) is 2. The molecular formula is C6H9N3O3. The molecule has 0 aliphatic rings. The van der Waals surface area contributed by atoms with Gasteiger partial charge in [0.1, 0.15) is 5.60 Å². The minimum atomic E-state index is -1.29. The number of hydrogen-bond acceptors (Lipinski definition) is 4. The predicted octanol–water partition coefficient (Wildman–Crippen LogP) is 0.545. The number of aliphatic hydroxyl groups is 1. The first kappa shape index (κ1) is 8.66. The standard InChI is InChI=1S/C6H9N3O3/c1-6(2,10)5-4(9(11)12)3-7-8-5/h3,10H,1-2H3,(H,7,8). The Morgan fingerprint density at radius 2 is 2.33 bits per heavy atom. The van der Waals surface area contributed by atoms with E-state index in [-0.39, 0.29) is 11.4 Å². The lowest BCUT2D eigenvalue weighted by Crippen LogP contribution is -2.17. The quantitative estimate of drug-likeness (QED) is 0.501. The van der Waals surface area contributed by atoms with Crippen molar-refractivity contribution in [2.24, 2.45) is 0 Å². The number of nitro groups is 1. The van der Waals surface area contributed by atoms with Crippen LogP contribution in [0.4, 0.5) is 5.69 Å². The molecule has 1 heterocycles. The van der Waals surface area contributed by atoms with Crippen LogP contribution >= 0.6 is 0 Å². The maximum Gasteiger partial charge on any atom is 0.312 e. The summed E-state index contributed by atoms with van der Waals surface area (Å²) >= 11 is 0. The summed E-state index contributed by atoms with van der Waals surface area (Å²) in [6, 6.07) is 0. The summed E-state index contributed by atoms with van der Waals surface area (Å²) in [7, 11) is 0. The third kappa shape index (κ3) is 1.42. The van der Waals surface area contributed by atoms with Crippen LogP contribution in [0.15, 0.2) is 6.20 Å². The number of nitrogens with one attached hydrogen (secondary N) is 1. The molecule has 0 amide bonds. The van der Waals surface area contributed by atoms with Crippen LogP contribution in [0.3, 0.4) is 0 Å². The van der Waals surface area contributed by atoms with E-state index in [0.29, 0.717) is 0 Å². The zero-order valence-electron chi connectivity index (χ0n) is 6.74. The number of aromatic amines is 1. The summed E-state index contributed by atoms with van der Waals surface area (Å²) in [5.74, 6) is 0. The molecule has 0 aliphatic heterocycles. The largest absolute Gasteiger partial charge is 0.384 e. The van der Waals surface area contributed by atoms with Crippen LogP contribution in [0.5, 0.6) is 0 Å². The van der Waals surface area contributed by atoms with E-state index < -0.39 is 10.5 Å². The summed E-state index contributed by atoms with van der Waals surface area (Å²) in [4.78, 5) is 9.78. The highest BCUT2D eigenvalue weighted by molar-refractivity contribution is 5.35. The second kappa shape index (κ2) is 2.56. The van der Waals surface area contributed by atoms with E-state index in [1.807, 2.05) is 0 Å². The van der Waals surface area contributed by atoms with Gasteiger partial charge < -0.3 is 5.11 Å². The third-order valence-electron chi connectivity index (χ3n) is 1.40. The Bertz CT molecular complexity index is 299. The van der Waals surface area contributed by atoms with Crippen LogP contribution in [0.2, 0.25) is 0 Å². The Hall–Kier alpha value is -1.43. The summed E-state index contributed by atoms with van der Waals surface area (Å²) in [6.07, 6.45) is 1.15. The highest BCUT2D eigenvalue weighted by Crippen LogP contribution is 2.26. The summed E-state index contributed by atoms with van der Waals surface area (Å²) < 4.78 is 0. The minimum absolute atomic E-state index is 0.0486. The fourth-order valence-electron chi connectivity index (χ4n) is 0.873. The number of nitrogens with zero attached hydrogens (tertiary/aromatic N) is 2. The zero-order valence-corrected chi connectivity index (χ0v) is 6.74. The second-order valence-corrected chi connectivity index (χ2v) is 2.94. The summed E-state index contributed by atoms with van der Waals surface area (Å²) in [5.41, 5.74) is -1.43. The van der Waals surface area contributed by atoms with Crippen LogP contribution in [0.1, 0.15) is 19.5 Å². The average Bonchev–Trinajstić information content (AvgIpc) is 2.30. The van der Waals surface area contributed by atoms with E-state index in [2.05, 4.69) is 10.2 Å². The van der Waals surface area contributed by atoms with Crippen molar-refractivity contribution in [2.75, 3.05) is 0 Å². The predicted molar refractivity (Wildman–Crippen MR) is 40.5 cm³/mol. The Labute approximate surface area is 68.4 Å². The van der Waals surface area contributed by atoms with Gasteiger partial charge in [0, 0.05) is 0 Å².